The lowest BCUT2D eigenvalue weighted by molar-refractivity contribution is -0.153. The summed E-state index contributed by atoms with van der Waals surface area (Å²) in [6, 6.07) is 4.01. The number of methoxy groups -OCH3 is 1. The van der Waals surface area contributed by atoms with E-state index >= 15 is 0 Å². The van der Waals surface area contributed by atoms with Crippen molar-refractivity contribution in [2.24, 2.45) is 28.1 Å². The maximum Gasteiger partial charge on any atom is 0.287 e. The Hall–Kier alpha value is -2.88. The number of halogens is 1. The molecular formula is C25H27FN4O7S3. The Balaban J connectivity index is 1.36. The fraction of sp³-hybridized carbons (Fsp3) is 0.480. The van der Waals surface area contributed by atoms with Gasteiger partial charge in [0.1, 0.15) is 15.7 Å². The number of ether oxygens (including phenoxy) is 1. The summed E-state index contributed by atoms with van der Waals surface area (Å²) in [5.74, 6) is -3.28. The molecule has 214 valence electrons. The van der Waals surface area contributed by atoms with Crippen LogP contribution in [-0.4, -0.2) is 58.7 Å². The molecule has 11 nitrogen and oxygen atoms in total. The van der Waals surface area contributed by atoms with Crippen LogP contribution in [0.15, 0.2) is 32.9 Å². The van der Waals surface area contributed by atoms with Crippen LogP contribution in [0.4, 0.5) is 9.39 Å². The molecule has 0 radical (unpaired) electrons. The zero-order valence-corrected chi connectivity index (χ0v) is 24.0. The number of rotatable bonds is 7. The SMILES string of the molecule is COc1cc(CN2C(=O)C(C3=NS(=O)(=O)c4c(CNS(C)(=O)=O)csc4N3)C(=O)C3C2[C@@H]2CC[C@H]3C2)ccc1F. The highest BCUT2D eigenvalue weighted by atomic mass is 32.2. The number of amidine groups is 1. The summed E-state index contributed by atoms with van der Waals surface area (Å²) in [6.45, 7) is -0.144. The number of anilines is 1. The van der Waals surface area contributed by atoms with E-state index < -0.39 is 43.6 Å². The normalized spacial score (nSPS) is 28.6. The van der Waals surface area contributed by atoms with E-state index in [9.17, 15) is 30.8 Å². The van der Waals surface area contributed by atoms with E-state index in [1.54, 1.807) is 11.0 Å². The lowest BCUT2D eigenvalue weighted by Crippen LogP contribution is -2.61. The molecule has 2 N–H and O–H groups in total. The predicted octanol–water partition coefficient (Wildman–Crippen LogP) is 2.10. The number of benzene rings is 1. The largest absolute Gasteiger partial charge is 0.494 e. The van der Waals surface area contributed by atoms with Crippen molar-refractivity contribution >= 4 is 53.9 Å². The highest BCUT2D eigenvalue weighted by Crippen LogP contribution is 2.54. The van der Waals surface area contributed by atoms with Crippen LogP contribution in [0, 0.1) is 29.5 Å². The van der Waals surface area contributed by atoms with Crippen LogP contribution in [0.1, 0.15) is 30.4 Å². The van der Waals surface area contributed by atoms with Crippen molar-refractivity contribution in [2.45, 2.75) is 43.3 Å². The number of amides is 1. The van der Waals surface area contributed by atoms with Gasteiger partial charge in [-0.25, -0.2) is 17.5 Å². The minimum Gasteiger partial charge on any atom is -0.494 e. The second kappa shape index (κ2) is 9.60. The van der Waals surface area contributed by atoms with Gasteiger partial charge < -0.3 is 15.0 Å². The number of fused-ring (bicyclic) bond motifs is 6. The predicted molar refractivity (Wildman–Crippen MR) is 144 cm³/mol. The van der Waals surface area contributed by atoms with Crippen LogP contribution >= 0.6 is 11.3 Å². The molecule has 4 aliphatic rings. The van der Waals surface area contributed by atoms with Gasteiger partial charge in [-0.05, 0) is 54.2 Å². The molecule has 15 heteroatoms. The summed E-state index contributed by atoms with van der Waals surface area (Å²) in [5, 5.41) is 4.57. The number of ketones is 1. The molecule has 2 aliphatic carbocycles. The Labute approximate surface area is 234 Å². The summed E-state index contributed by atoms with van der Waals surface area (Å²) in [7, 11) is -6.57. The second-order valence-corrected chi connectivity index (χ2v) is 15.0. The third kappa shape index (κ3) is 4.52. The first-order valence-corrected chi connectivity index (χ1v) is 16.9. The molecule has 2 aliphatic heterocycles. The molecule has 2 bridgehead atoms. The summed E-state index contributed by atoms with van der Waals surface area (Å²) in [6.07, 6.45) is 3.54. The Morgan fingerprint density at radius 3 is 2.73 bits per heavy atom. The van der Waals surface area contributed by atoms with E-state index in [1.807, 2.05) is 0 Å². The van der Waals surface area contributed by atoms with Crippen molar-refractivity contribution < 1.29 is 35.6 Å². The molecule has 2 aromatic rings. The lowest BCUT2D eigenvalue weighted by atomic mass is 9.73. The summed E-state index contributed by atoms with van der Waals surface area (Å²) in [5.41, 5.74) is 0.832. The molecule has 3 fully saturated rings. The average molecular weight is 611 g/mol. The monoisotopic (exact) mass is 610 g/mol. The number of likely N-dealkylation sites (tertiary alicyclic amines) is 1. The standard InChI is InChI=1S/C25H27FN4O7S3/c1-37-17-7-12(3-6-16(17)26)10-30-20-14-5-4-13(8-14)18(20)21(31)19(25(30)32)23-28-24-22(40(35,36)29-23)15(11-38-24)9-27-39(2,33)34/h3,6-7,11,13-14,18-20,27H,4-5,8-10H2,1-2H3,(H,28,29)/t13-,14+,18?,19?,20?/m0/s1. The molecule has 3 unspecified atom stereocenters. The minimum absolute atomic E-state index is 0.0369. The van der Waals surface area contributed by atoms with E-state index in [2.05, 4.69) is 14.4 Å². The Kier molecular flexibility index (Phi) is 6.55. The smallest absolute Gasteiger partial charge is 0.287 e. The molecule has 5 atom stereocenters. The number of carbonyl (C=O) groups excluding carboxylic acids is 2. The molecule has 0 spiro atoms. The Bertz CT molecular complexity index is 1670. The maximum absolute atomic E-state index is 14.1. The highest BCUT2D eigenvalue weighted by Gasteiger charge is 2.60. The van der Waals surface area contributed by atoms with Gasteiger partial charge in [-0.3, -0.25) is 9.59 Å². The first-order chi connectivity index (χ1) is 18.9. The van der Waals surface area contributed by atoms with E-state index in [0.717, 1.165) is 36.9 Å². The van der Waals surface area contributed by atoms with Crippen LogP contribution in [0.5, 0.6) is 5.75 Å². The molecule has 1 aromatic carbocycles. The van der Waals surface area contributed by atoms with Gasteiger partial charge in [-0.2, -0.15) is 8.42 Å². The quantitative estimate of drug-likeness (QED) is 0.453. The van der Waals surface area contributed by atoms with Gasteiger partial charge in [0, 0.05) is 30.6 Å². The zero-order valence-electron chi connectivity index (χ0n) is 21.6. The van der Waals surface area contributed by atoms with Gasteiger partial charge in [0.2, 0.25) is 15.9 Å². The molecule has 1 saturated heterocycles. The number of piperidine rings is 1. The Morgan fingerprint density at radius 2 is 2.00 bits per heavy atom. The summed E-state index contributed by atoms with van der Waals surface area (Å²) >= 11 is 1.02. The van der Waals surface area contributed by atoms with E-state index in [4.69, 9.17) is 4.74 Å². The van der Waals surface area contributed by atoms with Gasteiger partial charge in [-0.1, -0.05) is 6.07 Å². The van der Waals surface area contributed by atoms with Crippen molar-refractivity contribution in [1.82, 2.24) is 9.62 Å². The molecule has 2 saturated carbocycles. The van der Waals surface area contributed by atoms with Crippen LogP contribution in [0.2, 0.25) is 0 Å². The average Bonchev–Trinajstić information content (AvgIpc) is 3.61. The molecule has 1 aromatic heterocycles. The third-order valence-corrected chi connectivity index (χ3v) is 11.4. The van der Waals surface area contributed by atoms with Gasteiger partial charge >= 0.3 is 0 Å². The van der Waals surface area contributed by atoms with Crippen LogP contribution in [-0.2, 0) is 42.7 Å². The van der Waals surface area contributed by atoms with E-state index in [0.29, 0.717) is 5.56 Å². The number of hydrogen-bond acceptors (Lipinski definition) is 9. The van der Waals surface area contributed by atoms with Crippen molar-refractivity contribution in [3.05, 3.63) is 40.5 Å². The first-order valence-electron chi connectivity index (χ1n) is 12.7. The number of sulfonamides is 2. The van der Waals surface area contributed by atoms with Crippen LogP contribution in [0.3, 0.4) is 0 Å². The molecule has 1 amide bonds. The van der Waals surface area contributed by atoms with Crippen molar-refractivity contribution in [1.29, 1.82) is 0 Å². The number of nitrogens with zero attached hydrogens (tertiary/aromatic N) is 2. The van der Waals surface area contributed by atoms with Gasteiger partial charge in [0.05, 0.1) is 13.4 Å². The lowest BCUT2D eigenvalue weighted by Gasteiger charge is -2.45. The topological polar surface area (TPSA) is 151 Å². The highest BCUT2D eigenvalue weighted by molar-refractivity contribution is 7.91. The first kappa shape index (κ1) is 27.3. The number of Topliss-reactive ketones (excluding diaryl/α,β-unsaturated/α-hetero) is 1. The zero-order chi connectivity index (χ0) is 28.6. The van der Waals surface area contributed by atoms with Crippen molar-refractivity contribution in [3.63, 3.8) is 0 Å². The van der Waals surface area contributed by atoms with E-state index in [-0.39, 0.29) is 63.8 Å². The molecule has 3 heterocycles. The molecule has 6 rings (SSSR count). The van der Waals surface area contributed by atoms with Gasteiger partial charge in [0.15, 0.2) is 23.3 Å². The third-order valence-electron chi connectivity index (χ3n) is 8.28. The van der Waals surface area contributed by atoms with Crippen LogP contribution in [0.25, 0.3) is 0 Å². The second-order valence-electron chi connectivity index (χ2n) is 10.7. The fourth-order valence-electron chi connectivity index (χ4n) is 6.69. The molecular weight excluding hydrogens is 583 g/mol. The minimum atomic E-state index is -4.35. The van der Waals surface area contributed by atoms with Crippen LogP contribution < -0.4 is 14.8 Å². The van der Waals surface area contributed by atoms with Gasteiger partial charge in [-0.15, -0.1) is 15.7 Å². The summed E-state index contributed by atoms with van der Waals surface area (Å²) in [4.78, 5) is 29.4. The van der Waals surface area contributed by atoms with Gasteiger partial charge in [0.25, 0.3) is 10.0 Å². The number of carbonyl (C=O) groups is 2. The van der Waals surface area contributed by atoms with E-state index in [1.165, 1.54) is 24.6 Å². The van der Waals surface area contributed by atoms with Crippen molar-refractivity contribution in [3.8, 4) is 5.75 Å². The Morgan fingerprint density at radius 1 is 1.25 bits per heavy atom. The molecule has 40 heavy (non-hydrogen) atoms. The number of thiophene rings is 1. The van der Waals surface area contributed by atoms with Crippen molar-refractivity contribution in [2.75, 3.05) is 18.7 Å². The fourth-order valence-corrected chi connectivity index (χ4v) is 9.76. The number of nitrogens with one attached hydrogen (secondary N) is 2. The maximum atomic E-state index is 14.1. The number of hydrogen-bond donors (Lipinski definition) is 2. The summed E-state index contributed by atoms with van der Waals surface area (Å²) < 4.78 is 75.0.